The van der Waals surface area contributed by atoms with E-state index in [1.807, 2.05) is 0 Å². The molecular formula is C11H21NO2S. The Labute approximate surface area is 92.6 Å². The van der Waals surface area contributed by atoms with Crippen molar-refractivity contribution in [2.45, 2.75) is 39.2 Å². The van der Waals surface area contributed by atoms with Crippen molar-refractivity contribution in [1.82, 2.24) is 5.32 Å². The fraction of sp³-hybridized carbons (Fsp3) is 1.00. The third-order valence-corrected chi connectivity index (χ3v) is 5.86. The van der Waals surface area contributed by atoms with Crippen LogP contribution in [0.15, 0.2) is 0 Å². The molecule has 1 heterocycles. The third-order valence-electron chi connectivity index (χ3n) is 4.09. The van der Waals surface area contributed by atoms with Gasteiger partial charge in [0.1, 0.15) is 0 Å². The summed E-state index contributed by atoms with van der Waals surface area (Å²) in [5, 5.41) is 3.44. The number of nitrogens with one attached hydrogen (secondary N) is 1. The molecule has 0 aromatic heterocycles. The van der Waals surface area contributed by atoms with Gasteiger partial charge < -0.3 is 5.32 Å². The van der Waals surface area contributed by atoms with Crippen molar-refractivity contribution < 1.29 is 8.42 Å². The lowest BCUT2D eigenvalue weighted by atomic mass is 9.92. The summed E-state index contributed by atoms with van der Waals surface area (Å²) >= 11 is 0. The Bertz CT molecular complexity index is 330. The number of sulfone groups is 1. The summed E-state index contributed by atoms with van der Waals surface area (Å²) in [4.78, 5) is 0. The van der Waals surface area contributed by atoms with Crippen LogP contribution in [0.4, 0.5) is 0 Å². The minimum atomic E-state index is -2.73. The van der Waals surface area contributed by atoms with Gasteiger partial charge in [-0.05, 0) is 30.6 Å². The molecule has 15 heavy (non-hydrogen) atoms. The van der Waals surface area contributed by atoms with Crippen molar-refractivity contribution in [3.63, 3.8) is 0 Å². The predicted octanol–water partition coefficient (Wildman–Crippen LogP) is 1.20. The zero-order chi connectivity index (χ0) is 11.1. The Balaban J connectivity index is 1.80. The van der Waals surface area contributed by atoms with Gasteiger partial charge in [0.2, 0.25) is 0 Å². The lowest BCUT2D eigenvalue weighted by Crippen LogP contribution is -2.36. The van der Waals surface area contributed by atoms with Gasteiger partial charge in [0, 0.05) is 12.6 Å². The first-order chi connectivity index (χ1) is 6.94. The molecule has 1 unspecified atom stereocenters. The summed E-state index contributed by atoms with van der Waals surface area (Å²) in [7, 11) is -2.73. The van der Waals surface area contributed by atoms with E-state index in [0.29, 0.717) is 22.8 Å². The number of rotatable bonds is 4. The van der Waals surface area contributed by atoms with Crippen LogP contribution in [0.1, 0.15) is 33.1 Å². The first-order valence-electron chi connectivity index (χ1n) is 5.87. The van der Waals surface area contributed by atoms with Crippen LogP contribution in [0.5, 0.6) is 0 Å². The SMILES string of the molecule is CC(C)C1(CNC2CCS(=O)(=O)C2)CC1. The average Bonchev–Trinajstić information content (AvgIpc) is 2.84. The molecule has 2 rings (SSSR count). The number of hydrogen-bond donors (Lipinski definition) is 1. The molecule has 0 spiro atoms. The van der Waals surface area contributed by atoms with E-state index >= 15 is 0 Å². The fourth-order valence-corrected chi connectivity index (χ4v) is 4.13. The van der Waals surface area contributed by atoms with Gasteiger partial charge in [-0.3, -0.25) is 0 Å². The van der Waals surface area contributed by atoms with Gasteiger partial charge in [-0.2, -0.15) is 0 Å². The fourth-order valence-electron chi connectivity index (χ4n) is 2.42. The van der Waals surface area contributed by atoms with E-state index < -0.39 is 9.84 Å². The Kier molecular flexibility index (Phi) is 2.84. The topological polar surface area (TPSA) is 46.2 Å². The summed E-state index contributed by atoms with van der Waals surface area (Å²) in [5.41, 5.74) is 0.479. The summed E-state index contributed by atoms with van der Waals surface area (Å²) in [6, 6.07) is 0.214. The molecule has 4 heteroatoms. The minimum Gasteiger partial charge on any atom is -0.312 e. The molecule has 0 radical (unpaired) electrons. The molecular weight excluding hydrogens is 210 g/mol. The van der Waals surface area contributed by atoms with Gasteiger partial charge in [0.25, 0.3) is 0 Å². The van der Waals surface area contributed by atoms with Crippen LogP contribution in [-0.2, 0) is 9.84 Å². The highest BCUT2D eigenvalue weighted by molar-refractivity contribution is 7.91. The minimum absolute atomic E-state index is 0.214. The molecule has 3 nitrogen and oxygen atoms in total. The summed E-state index contributed by atoms with van der Waals surface area (Å²) in [6.45, 7) is 5.53. The number of hydrogen-bond acceptors (Lipinski definition) is 3. The van der Waals surface area contributed by atoms with Crippen LogP contribution in [0, 0.1) is 11.3 Å². The average molecular weight is 231 g/mol. The molecule has 1 saturated heterocycles. The maximum Gasteiger partial charge on any atom is 0.151 e. The molecule has 0 bridgehead atoms. The Morgan fingerprint density at radius 3 is 2.47 bits per heavy atom. The van der Waals surface area contributed by atoms with Crippen molar-refractivity contribution in [2.24, 2.45) is 11.3 Å². The monoisotopic (exact) mass is 231 g/mol. The molecule has 2 aliphatic rings. The van der Waals surface area contributed by atoms with Gasteiger partial charge in [0.05, 0.1) is 11.5 Å². The molecule has 0 aromatic carbocycles. The molecule has 1 aliphatic heterocycles. The smallest absolute Gasteiger partial charge is 0.151 e. The van der Waals surface area contributed by atoms with Crippen molar-refractivity contribution >= 4 is 9.84 Å². The van der Waals surface area contributed by atoms with Gasteiger partial charge >= 0.3 is 0 Å². The first kappa shape index (κ1) is 11.4. The van der Waals surface area contributed by atoms with Gasteiger partial charge in [-0.1, -0.05) is 13.8 Å². The van der Waals surface area contributed by atoms with Crippen LogP contribution in [-0.4, -0.2) is 32.5 Å². The summed E-state index contributed by atoms with van der Waals surface area (Å²) < 4.78 is 22.5. The molecule has 0 aromatic rings. The third kappa shape index (κ3) is 2.53. The van der Waals surface area contributed by atoms with Crippen LogP contribution in [0.25, 0.3) is 0 Å². The van der Waals surface area contributed by atoms with Gasteiger partial charge in [0.15, 0.2) is 9.84 Å². The van der Waals surface area contributed by atoms with E-state index in [-0.39, 0.29) is 6.04 Å². The van der Waals surface area contributed by atoms with E-state index in [1.165, 1.54) is 12.8 Å². The van der Waals surface area contributed by atoms with Crippen molar-refractivity contribution in [3.8, 4) is 0 Å². The lowest BCUT2D eigenvalue weighted by Gasteiger charge is -2.22. The Morgan fingerprint density at radius 2 is 2.07 bits per heavy atom. The summed E-state index contributed by atoms with van der Waals surface area (Å²) in [6.07, 6.45) is 3.41. The predicted molar refractivity (Wildman–Crippen MR) is 61.6 cm³/mol. The second kappa shape index (κ2) is 3.74. The van der Waals surface area contributed by atoms with Crippen molar-refractivity contribution in [3.05, 3.63) is 0 Å². The van der Waals surface area contributed by atoms with Gasteiger partial charge in [-0.15, -0.1) is 0 Å². The van der Waals surface area contributed by atoms with Crippen molar-refractivity contribution in [1.29, 1.82) is 0 Å². The van der Waals surface area contributed by atoms with Crippen LogP contribution >= 0.6 is 0 Å². The summed E-state index contributed by atoms with van der Waals surface area (Å²) in [5.74, 6) is 1.43. The molecule has 1 N–H and O–H groups in total. The Hall–Kier alpha value is -0.0900. The molecule has 0 amide bonds. The first-order valence-corrected chi connectivity index (χ1v) is 7.69. The highest BCUT2D eigenvalue weighted by Gasteiger charge is 2.45. The second-order valence-electron chi connectivity index (χ2n) is 5.50. The molecule has 1 atom stereocenters. The maximum absolute atomic E-state index is 11.3. The highest BCUT2D eigenvalue weighted by atomic mass is 32.2. The van der Waals surface area contributed by atoms with Crippen LogP contribution in [0.2, 0.25) is 0 Å². The standard InChI is InChI=1S/C11H21NO2S/c1-9(2)11(4-5-11)8-12-10-3-6-15(13,14)7-10/h9-10,12H,3-8H2,1-2H3. The Morgan fingerprint density at radius 1 is 1.40 bits per heavy atom. The second-order valence-corrected chi connectivity index (χ2v) is 7.73. The van der Waals surface area contributed by atoms with E-state index in [0.717, 1.165) is 13.0 Å². The zero-order valence-electron chi connectivity index (χ0n) is 9.62. The zero-order valence-corrected chi connectivity index (χ0v) is 10.4. The molecule has 1 saturated carbocycles. The normalized spacial score (nSPS) is 32.1. The largest absolute Gasteiger partial charge is 0.312 e. The quantitative estimate of drug-likeness (QED) is 0.791. The van der Waals surface area contributed by atoms with Crippen LogP contribution < -0.4 is 5.32 Å². The van der Waals surface area contributed by atoms with Crippen LogP contribution in [0.3, 0.4) is 0 Å². The molecule has 1 aliphatic carbocycles. The van der Waals surface area contributed by atoms with E-state index in [4.69, 9.17) is 0 Å². The van der Waals surface area contributed by atoms with E-state index in [2.05, 4.69) is 19.2 Å². The van der Waals surface area contributed by atoms with E-state index in [9.17, 15) is 8.42 Å². The lowest BCUT2D eigenvalue weighted by molar-refractivity contribution is 0.324. The molecule has 2 fully saturated rings. The van der Waals surface area contributed by atoms with Crippen molar-refractivity contribution in [2.75, 3.05) is 18.1 Å². The maximum atomic E-state index is 11.3. The van der Waals surface area contributed by atoms with E-state index in [1.54, 1.807) is 0 Å². The molecule has 88 valence electrons. The van der Waals surface area contributed by atoms with Gasteiger partial charge in [-0.25, -0.2) is 8.42 Å². The highest BCUT2D eigenvalue weighted by Crippen LogP contribution is 2.51.